The lowest BCUT2D eigenvalue weighted by atomic mass is 9.87. The minimum Gasteiger partial charge on any atom is -0.480 e. The second-order valence-electron chi connectivity index (χ2n) is 27.4. The number of unbranched alkanes of at least 4 members (excludes halogenated alkanes) is 15. The van der Waals surface area contributed by atoms with Crippen LogP contribution in [-0.2, 0) is 67.7 Å². The third-order valence-corrected chi connectivity index (χ3v) is 18.3. The minimum atomic E-state index is -1.93. The normalized spacial score (nSPS) is 12.1. The van der Waals surface area contributed by atoms with Crippen LogP contribution in [0.15, 0.2) is 91.0 Å². The van der Waals surface area contributed by atoms with Gasteiger partial charge in [0.25, 0.3) is 0 Å². The Morgan fingerprint density at radius 2 is 0.755 bits per heavy atom. The molecule has 1 saturated carbocycles. The van der Waals surface area contributed by atoms with Crippen LogP contribution in [0.2, 0.25) is 0 Å². The molecule has 0 unspecified atom stereocenters. The van der Waals surface area contributed by atoms with E-state index < -0.39 is 52.1 Å². The van der Waals surface area contributed by atoms with Crippen LogP contribution in [0.4, 0.5) is 4.39 Å². The molecule has 1 aliphatic carbocycles. The molecule has 536 valence electrons. The zero-order valence-electron chi connectivity index (χ0n) is 60.3. The monoisotopic (exact) mass is 1350 g/mol. The van der Waals surface area contributed by atoms with Crippen LogP contribution in [0.25, 0.3) is 11.1 Å². The lowest BCUT2D eigenvalue weighted by Gasteiger charge is -2.24. The largest absolute Gasteiger partial charge is 0.480 e. The summed E-state index contributed by atoms with van der Waals surface area (Å²) in [7, 11) is 1.81. The summed E-state index contributed by atoms with van der Waals surface area (Å²) < 4.78 is 14.8. The molecule has 6 N–H and O–H groups in total. The summed E-state index contributed by atoms with van der Waals surface area (Å²) in [6.45, 7) is 17.7. The molecule has 4 aromatic rings. The number of aliphatic carboxylic acids is 6. The van der Waals surface area contributed by atoms with Crippen LogP contribution in [0, 0.1) is 57.6 Å². The first-order chi connectivity index (χ1) is 46.7. The van der Waals surface area contributed by atoms with Crippen LogP contribution in [0.1, 0.15) is 236 Å². The van der Waals surface area contributed by atoms with E-state index >= 15 is 0 Å². The molecule has 4 aromatic carbocycles. The highest BCUT2D eigenvalue weighted by atomic mass is 19.1. The van der Waals surface area contributed by atoms with Crippen molar-refractivity contribution in [1.29, 1.82) is 0 Å². The van der Waals surface area contributed by atoms with Crippen molar-refractivity contribution >= 4 is 35.8 Å². The maximum absolute atomic E-state index is 14.8. The quantitative estimate of drug-likeness (QED) is 0.0138. The van der Waals surface area contributed by atoms with Crippen molar-refractivity contribution < 1.29 is 63.8 Å². The summed E-state index contributed by atoms with van der Waals surface area (Å²) in [6, 6.07) is 31.7. The van der Waals surface area contributed by atoms with E-state index in [1.165, 1.54) is 163 Å². The summed E-state index contributed by atoms with van der Waals surface area (Å²) in [5.74, 6) is 8.42. The van der Waals surface area contributed by atoms with Gasteiger partial charge in [-0.05, 0) is 138 Å². The molecule has 1 aliphatic rings. The van der Waals surface area contributed by atoms with E-state index in [0.717, 1.165) is 63.2 Å². The summed E-state index contributed by atoms with van der Waals surface area (Å²) >= 11 is 0. The lowest BCUT2D eigenvalue weighted by molar-refractivity contribution is -0.164. The third kappa shape index (κ3) is 31.4. The van der Waals surface area contributed by atoms with Crippen LogP contribution in [0.3, 0.4) is 0 Å². The van der Waals surface area contributed by atoms with Gasteiger partial charge < -0.3 is 30.6 Å². The van der Waals surface area contributed by atoms with Crippen molar-refractivity contribution in [3.8, 4) is 46.6 Å². The van der Waals surface area contributed by atoms with Crippen molar-refractivity contribution in [2.75, 3.05) is 26.7 Å². The van der Waals surface area contributed by atoms with Crippen molar-refractivity contribution in [3.63, 3.8) is 0 Å². The van der Waals surface area contributed by atoms with Crippen LogP contribution in [-0.4, -0.2) is 120 Å². The van der Waals surface area contributed by atoms with Gasteiger partial charge in [-0.25, -0.2) is 4.39 Å². The lowest BCUT2D eigenvalue weighted by Crippen LogP contribution is -2.36. The van der Waals surface area contributed by atoms with Gasteiger partial charge in [-0.2, -0.15) is 0 Å². The van der Waals surface area contributed by atoms with Gasteiger partial charge in [-0.3, -0.25) is 43.5 Å². The molecule has 0 spiro atoms. The number of halogens is 1. The molecule has 0 heterocycles. The van der Waals surface area contributed by atoms with Gasteiger partial charge in [-0.1, -0.05) is 220 Å². The Labute approximate surface area is 585 Å². The van der Waals surface area contributed by atoms with E-state index in [4.69, 9.17) is 20.4 Å². The zero-order valence-corrected chi connectivity index (χ0v) is 60.3. The Morgan fingerprint density at radius 3 is 1.12 bits per heavy atom. The Bertz CT molecular complexity index is 3100. The smallest absolute Gasteiger partial charge is 0.321 e. The van der Waals surface area contributed by atoms with Gasteiger partial charge in [0.2, 0.25) is 0 Å². The van der Waals surface area contributed by atoms with E-state index in [1.807, 2.05) is 30.1 Å². The number of hydrogen-bond acceptors (Lipinski definition) is 9. The van der Waals surface area contributed by atoms with Gasteiger partial charge in [-0.15, -0.1) is 17.8 Å². The Balaban J connectivity index is 0.000000383. The molecule has 0 aromatic heterocycles. The molecular weight excluding hydrogens is 1240 g/mol. The van der Waals surface area contributed by atoms with E-state index in [1.54, 1.807) is 6.07 Å². The standard InChI is InChI=1S/C28H34FNO4.C27H39NO4.C27H41NO4/c1-4-5-6-7-10-21-11-14-23(15-12-21)24-16-13-22(19-25(24)29)20-30(3)18-9-8-17-28(2,26(31)32)27(33)34;1-3-4-5-6-7-8-9-12-22-13-15-23(16-14-22)21-28(24-17-18-24)20-11-10-19-27(2,25(29)30)26(31)32;1-5-6-7-8-9-10-11-14-23-15-17-24(18-16-23)21-28(22(2)3)20-13-12-19-27(4,25(29)30)26(31)32/h11-16,19H,4-7,10,17-18,20H2,1-3H3,(H,31,32)(H,33,34);13-16,24H,3-9,12,17-21H2,1-2H3,(H,29,30)(H,31,32);15-18,22H,5-11,14,19-21H2,1-4H3,(H,29,30)(H,31,32). The molecule has 0 atom stereocenters. The maximum Gasteiger partial charge on any atom is 0.321 e. The highest BCUT2D eigenvalue weighted by Gasteiger charge is 2.42. The van der Waals surface area contributed by atoms with Crippen LogP contribution in [0.5, 0.6) is 0 Å². The first-order valence-corrected chi connectivity index (χ1v) is 35.7. The summed E-state index contributed by atoms with van der Waals surface area (Å²) in [5.41, 5.74) is 3.03. The number of carboxylic acid groups (broad SMARTS) is 6. The highest BCUT2D eigenvalue weighted by molar-refractivity contribution is 5.99. The van der Waals surface area contributed by atoms with Crippen LogP contribution >= 0.6 is 0 Å². The second kappa shape index (κ2) is 45.7. The zero-order chi connectivity index (χ0) is 72.5. The Hall–Kier alpha value is -7.81. The number of nitrogens with zero attached hydrogens (tertiary/aromatic N) is 3. The molecule has 0 saturated heterocycles. The number of hydrogen-bond donors (Lipinski definition) is 6. The molecule has 0 aliphatic heterocycles. The fraction of sp³-hybridized carbons (Fsp3) is 0.561. The predicted octanol–water partition coefficient (Wildman–Crippen LogP) is 16.9. The number of aryl methyl sites for hydroxylation is 3. The maximum atomic E-state index is 14.8. The molecule has 16 heteroatoms. The van der Waals surface area contributed by atoms with E-state index in [2.05, 4.69) is 141 Å². The highest BCUT2D eigenvalue weighted by Crippen LogP contribution is 2.30. The molecule has 0 bridgehead atoms. The van der Waals surface area contributed by atoms with E-state index in [-0.39, 0.29) is 31.1 Å². The van der Waals surface area contributed by atoms with Crippen molar-refractivity contribution in [2.45, 2.75) is 254 Å². The SMILES string of the molecule is CCCCCCCCCc1ccc(CN(CC#CCC(C)(C(=O)O)C(=O)O)C(C)C)cc1.CCCCCCCCCc1ccc(CN(CC#CCC(C)(C(=O)O)C(=O)O)C2CC2)cc1.CCCCCCc1ccc(-c2ccc(CN(C)CC#CCC(C)(C(=O)O)C(=O)O)cc2F)cc1. The van der Waals surface area contributed by atoms with Gasteiger partial charge >= 0.3 is 35.8 Å². The third-order valence-electron chi connectivity index (χ3n) is 18.3. The van der Waals surface area contributed by atoms with Gasteiger partial charge in [0, 0.05) is 56.5 Å². The number of carboxylic acids is 6. The number of benzene rings is 4. The summed E-state index contributed by atoms with van der Waals surface area (Å²) in [5, 5.41) is 54.9. The first-order valence-electron chi connectivity index (χ1n) is 35.7. The topological polar surface area (TPSA) is 234 Å². The average Bonchev–Trinajstić information content (AvgIpc) is 1.41. The van der Waals surface area contributed by atoms with Crippen LogP contribution < -0.4 is 0 Å². The molecule has 0 amide bonds. The van der Waals surface area contributed by atoms with Gasteiger partial charge in [0.05, 0.1) is 19.6 Å². The van der Waals surface area contributed by atoms with Gasteiger partial charge in [0.15, 0.2) is 16.2 Å². The minimum absolute atomic E-state index is 0.191. The molecule has 0 radical (unpaired) electrons. The van der Waals surface area contributed by atoms with Gasteiger partial charge in [0.1, 0.15) is 5.82 Å². The van der Waals surface area contributed by atoms with E-state index in [0.29, 0.717) is 37.8 Å². The van der Waals surface area contributed by atoms with Crippen molar-refractivity contribution in [3.05, 3.63) is 130 Å². The van der Waals surface area contributed by atoms with Crippen molar-refractivity contribution in [1.82, 2.24) is 14.7 Å². The first kappa shape index (κ1) is 84.4. The fourth-order valence-electron chi connectivity index (χ4n) is 10.7. The fourth-order valence-corrected chi connectivity index (χ4v) is 10.7. The molecular formula is C82H114FN3O12. The summed E-state index contributed by atoms with van der Waals surface area (Å²) in [6.07, 6.45) is 28.3. The Kier molecular flexibility index (Phi) is 39.4. The number of rotatable bonds is 42. The van der Waals surface area contributed by atoms with Crippen molar-refractivity contribution in [2.24, 2.45) is 16.2 Å². The molecule has 5 rings (SSSR count). The molecule has 98 heavy (non-hydrogen) atoms. The predicted molar refractivity (Wildman–Crippen MR) is 389 cm³/mol. The van der Waals surface area contributed by atoms with E-state index in [9.17, 15) is 43.4 Å². The number of carbonyl (C=O) groups is 6. The molecule has 15 nitrogen and oxygen atoms in total. The Morgan fingerprint density at radius 1 is 0.429 bits per heavy atom. The summed E-state index contributed by atoms with van der Waals surface area (Å²) in [4.78, 5) is 73.7. The second-order valence-corrected chi connectivity index (χ2v) is 27.4. The average molecular weight is 1350 g/mol. The molecule has 1 fully saturated rings.